The molecule has 1 unspecified atom stereocenters. The maximum Gasteiger partial charge on any atom is 0.230 e. The molecule has 1 saturated heterocycles. The molecule has 1 N–H and O–H groups in total. The van der Waals surface area contributed by atoms with E-state index in [0.29, 0.717) is 25.1 Å². The summed E-state index contributed by atoms with van der Waals surface area (Å²) in [7, 11) is 0. The Morgan fingerprint density at radius 1 is 1.32 bits per heavy atom. The maximum atomic E-state index is 12.3. The molecule has 19 heavy (non-hydrogen) atoms. The van der Waals surface area contributed by atoms with Gasteiger partial charge in [0, 0.05) is 12.1 Å². The standard InChI is InChI=1S/C15H19NO3/c1-2-19-12-8-6-11(7-9-12)14(17)13-5-3-4-10-16-15(13)18/h6-9,13H,2-5,10H2,1H3,(H,16,18). The van der Waals surface area contributed by atoms with E-state index in [4.69, 9.17) is 4.74 Å². The lowest BCUT2D eigenvalue weighted by Gasteiger charge is -2.12. The highest BCUT2D eigenvalue weighted by Gasteiger charge is 2.28. The van der Waals surface area contributed by atoms with E-state index in [0.717, 1.165) is 18.6 Å². The van der Waals surface area contributed by atoms with Crippen molar-refractivity contribution in [2.24, 2.45) is 5.92 Å². The summed E-state index contributed by atoms with van der Waals surface area (Å²) in [6.07, 6.45) is 2.49. The van der Waals surface area contributed by atoms with Crippen molar-refractivity contribution in [3.63, 3.8) is 0 Å². The molecule has 1 heterocycles. The van der Waals surface area contributed by atoms with Gasteiger partial charge in [-0.3, -0.25) is 9.59 Å². The van der Waals surface area contributed by atoms with Gasteiger partial charge < -0.3 is 10.1 Å². The van der Waals surface area contributed by atoms with Gasteiger partial charge in [0.05, 0.1) is 6.61 Å². The lowest BCUT2D eigenvalue weighted by molar-refractivity contribution is -0.123. The second-order valence-electron chi connectivity index (χ2n) is 4.66. The molecule has 1 amide bonds. The van der Waals surface area contributed by atoms with Gasteiger partial charge in [-0.1, -0.05) is 6.42 Å². The fraction of sp³-hybridized carbons (Fsp3) is 0.467. The average molecular weight is 261 g/mol. The number of benzene rings is 1. The lowest BCUT2D eigenvalue weighted by Crippen LogP contribution is -2.33. The summed E-state index contributed by atoms with van der Waals surface area (Å²) in [5, 5.41) is 2.79. The van der Waals surface area contributed by atoms with E-state index in [1.807, 2.05) is 6.92 Å². The van der Waals surface area contributed by atoms with E-state index in [1.54, 1.807) is 24.3 Å². The van der Waals surface area contributed by atoms with Gasteiger partial charge in [-0.05, 0) is 44.0 Å². The molecule has 0 spiro atoms. The van der Waals surface area contributed by atoms with Gasteiger partial charge in [-0.2, -0.15) is 0 Å². The molecule has 102 valence electrons. The summed E-state index contributed by atoms with van der Waals surface area (Å²) < 4.78 is 5.34. The number of Topliss-reactive ketones (excluding diaryl/α,β-unsaturated/α-hetero) is 1. The smallest absolute Gasteiger partial charge is 0.230 e. The monoisotopic (exact) mass is 261 g/mol. The molecule has 4 heteroatoms. The van der Waals surface area contributed by atoms with Crippen LogP contribution in [0.1, 0.15) is 36.5 Å². The van der Waals surface area contributed by atoms with Crippen molar-refractivity contribution >= 4 is 11.7 Å². The van der Waals surface area contributed by atoms with Crippen LogP contribution in [0.4, 0.5) is 0 Å². The molecular weight excluding hydrogens is 242 g/mol. The Labute approximate surface area is 113 Å². The van der Waals surface area contributed by atoms with Crippen LogP contribution in [0, 0.1) is 5.92 Å². The van der Waals surface area contributed by atoms with Crippen LogP contribution in [0.5, 0.6) is 5.75 Å². The van der Waals surface area contributed by atoms with Crippen LogP contribution in [0.3, 0.4) is 0 Å². The second-order valence-corrected chi connectivity index (χ2v) is 4.66. The summed E-state index contributed by atoms with van der Waals surface area (Å²) in [5.41, 5.74) is 0.575. The molecular formula is C15H19NO3. The number of ketones is 1. The van der Waals surface area contributed by atoms with Gasteiger partial charge in [0.1, 0.15) is 11.7 Å². The third-order valence-electron chi connectivity index (χ3n) is 3.30. The van der Waals surface area contributed by atoms with Gasteiger partial charge in [0.15, 0.2) is 5.78 Å². The van der Waals surface area contributed by atoms with Crippen LogP contribution in [0.2, 0.25) is 0 Å². The Morgan fingerprint density at radius 3 is 2.74 bits per heavy atom. The van der Waals surface area contributed by atoms with Crippen molar-refractivity contribution in [1.82, 2.24) is 5.32 Å². The summed E-state index contributed by atoms with van der Waals surface area (Å²) >= 11 is 0. The largest absolute Gasteiger partial charge is 0.494 e. The first-order valence-corrected chi connectivity index (χ1v) is 6.77. The van der Waals surface area contributed by atoms with E-state index >= 15 is 0 Å². The number of nitrogens with one attached hydrogen (secondary N) is 1. The number of hydrogen-bond donors (Lipinski definition) is 1. The Bertz CT molecular complexity index is 453. The minimum atomic E-state index is -0.541. The minimum Gasteiger partial charge on any atom is -0.494 e. The van der Waals surface area contributed by atoms with Crippen molar-refractivity contribution in [2.45, 2.75) is 26.2 Å². The molecule has 0 saturated carbocycles. The molecule has 1 aromatic rings. The predicted molar refractivity (Wildman–Crippen MR) is 72.3 cm³/mol. The normalized spacial score (nSPS) is 19.4. The molecule has 0 bridgehead atoms. The van der Waals surface area contributed by atoms with Gasteiger partial charge >= 0.3 is 0 Å². The molecule has 1 atom stereocenters. The molecule has 1 fully saturated rings. The van der Waals surface area contributed by atoms with Gasteiger partial charge in [-0.15, -0.1) is 0 Å². The first-order valence-electron chi connectivity index (χ1n) is 6.77. The maximum absolute atomic E-state index is 12.3. The van der Waals surface area contributed by atoms with Gasteiger partial charge in [0.25, 0.3) is 0 Å². The summed E-state index contributed by atoms with van der Waals surface area (Å²) in [5.74, 6) is -0.0383. The van der Waals surface area contributed by atoms with Crippen LogP contribution in [-0.2, 0) is 4.79 Å². The molecule has 4 nitrogen and oxygen atoms in total. The van der Waals surface area contributed by atoms with Crippen LogP contribution in [0.25, 0.3) is 0 Å². The highest BCUT2D eigenvalue weighted by molar-refractivity contribution is 6.10. The second kappa shape index (κ2) is 6.36. The van der Waals surface area contributed by atoms with Crippen molar-refractivity contribution < 1.29 is 14.3 Å². The van der Waals surface area contributed by atoms with Crippen molar-refractivity contribution in [2.75, 3.05) is 13.2 Å². The molecule has 2 rings (SSSR count). The summed E-state index contributed by atoms with van der Waals surface area (Å²) in [6.45, 7) is 3.18. The molecule has 1 aliphatic rings. The lowest BCUT2D eigenvalue weighted by atomic mass is 9.93. The highest BCUT2D eigenvalue weighted by atomic mass is 16.5. The SMILES string of the molecule is CCOc1ccc(C(=O)C2CCCCNC2=O)cc1. The highest BCUT2D eigenvalue weighted by Crippen LogP contribution is 2.20. The number of carbonyl (C=O) groups is 2. The van der Waals surface area contributed by atoms with Crippen LogP contribution >= 0.6 is 0 Å². The number of rotatable bonds is 4. The molecule has 1 aromatic carbocycles. The molecule has 0 radical (unpaired) electrons. The molecule has 1 aliphatic heterocycles. The average Bonchev–Trinajstić information content (AvgIpc) is 2.64. The third-order valence-corrected chi connectivity index (χ3v) is 3.30. The van der Waals surface area contributed by atoms with Crippen LogP contribution < -0.4 is 10.1 Å². The number of amides is 1. The Kier molecular flexibility index (Phi) is 4.55. The first kappa shape index (κ1) is 13.6. The van der Waals surface area contributed by atoms with Gasteiger partial charge in [-0.25, -0.2) is 0 Å². The van der Waals surface area contributed by atoms with Crippen molar-refractivity contribution in [3.05, 3.63) is 29.8 Å². The third kappa shape index (κ3) is 3.34. The van der Waals surface area contributed by atoms with Crippen molar-refractivity contribution in [3.8, 4) is 5.75 Å². The zero-order valence-electron chi connectivity index (χ0n) is 11.1. The number of ether oxygens (including phenoxy) is 1. The Balaban J connectivity index is 2.11. The van der Waals surface area contributed by atoms with Crippen molar-refractivity contribution in [1.29, 1.82) is 0 Å². The number of hydrogen-bond acceptors (Lipinski definition) is 3. The molecule has 0 aliphatic carbocycles. The van der Waals surface area contributed by atoms with E-state index in [2.05, 4.69) is 5.32 Å². The fourth-order valence-electron chi connectivity index (χ4n) is 2.27. The first-order chi connectivity index (χ1) is 9.22. The Hall–Kier alpha value is -1.84. The zero-order valence-corrected chi connectivity index (χ0v) is 11.1. The predicted octanol–water partition coefficient (Wildman–Crippen LogP) is 2.18. The number of carbonyl (C=O) groups excluding carboxylic acids is 2. The topological polar surface area (TPSA) is 55.4 Å². The fourth-order valence-corrected chi connectivity index (χ4v) is 2.27. The summed E-state index contributed by atoms with van der Waals surface area (Å²) in [4.78, 5) is 24.2. The van der Waals surface area contributed by atoms with E-state index < -0.39 is 5.92 Å². The van der Waals surface area contributed by atoms with Crippen LogP contribution in [0.15, 0.2) is 24.3 Å². The van der Waals surface area contributed by atoms with E-state index in [1.165, 1.54) is 0 Å². The Morgan fingerprint density at radius 2 is 2.05 bits per heavy atom. The van der Waals surface area contributed by atoms with E-state index in [9.17, 15) is 9.59 Å². The summed E-state index contributed by atoms with van der Waals surface area (Å²) in [6, 6.07) is 6.99. The quantitative estimate of drug-likeness (QED) is 0.667. The minimum absolute atomic E-state index is 0.0950. The molecule has 0 aromatic heterocycles. The van der Waals surface area contributed by atoms with Crippen LogP contribution in [-0.4, -0.2) is 24.8 Å². The van der Waals surface area contributed by atoms with E-state index in [-0.39, 0.29) is 11.7 Å². The van der Waals surface area contributed by atoms with Gasteiger partial charge in [0.2, 0.25) is 5.91 Å². The zero-order chi connectivity index (χ0) is 13.7.